The minimum atomic E-state index is -3.26. The van der Waals surface area contributed by atoms with E-state index in [1.54, 1.807) is 0 Å². The second kappa shape index (κ2) is 3.22. The highest BCUT2D eigenvalue weighted by Gasteiger charge is 2.39. The van der Waals surface area contributed by atoms with Gasteiger partial charge >= 0.3 is 0 Å². The van der Waals surface area contributed by atoms with E-state index in [0.717, 1.165) is 25.6 Å². The first-order chi connectivity index (χ1) is 6.04. The summed E-state index contributed by atoms with van der Waals surface area (Å²) in [6, 6.07) is 0. The molecule has 3 aliphatic rings. The van der Waals surface area contributed by atoms with Crippen molar-refractivity contribution >= 4 is 10.1 Å². The average Bonchev–Trinajstić information content (AvgIpc) is 2.03. The Hall–Kier alpha value is -0.130. The van der Waals surface area contributed by atoms with E-state index in [9.17, 15) is 8.42 Å². The molecule has 5 heteroatoms. The van der Waals surface area contributed by atoms with Gasteiger partial charge in [0.25, 0.3) is 10.1 Å². The molecular formula is C8H16NO3S+. The molecule has 0 unspecified atom stereocenters. The lowest BCUT2D eigenvalue weighted by molar-refractivity contribution is -0.920. The van der Waals surface area contributed by atoms with Crippen LogP contribution in [0.1, 0.15) is 12.8 Å². The van der Waals surface area contributed by atoms with E-state index < -0.39 is 10.1 Å². The molecule has 3 saturated heterocycles. The molecule has 4 nitrogen and oxygen atoms in total. The fourth-order valence-corrected chi connectivity index (χ4v) is 3.09. The molecule has 0 aromatic rings. The molecule has 3 rings (SSSR count). The summed E-state index contributed by atoms with van der Waals surface area (Å²) >= 11 is 0. The first kappa shape index (κ1) is 9.43. The van der Waals surface area contributed by atoms with Gasteiger partial charge in [-0.25, -0.2) is 0 Å². The molecule has 0 amide bonds. The minimum Gasteiger partial charge on any atom is -0.333 e. The standard InChI is InChI=1S/C8H15NO3S/c1-13(10,11)12-8-6-9-4-2-7(8)3-5-9/h7-8H,2-6H2,1H3/p+1/t8-/m0/s1. The van der Waals surface area contributed by atoms with E-state index >= 15 is 0 Å². The molecule has 3 heterocycles. The maximum Gasteiger partial charge on any atom is 0.264 e. The van der Waals surface area contributed by atoms with Crippen LogP contribution in [0.4, 0.5) is 0 Å². The summed E-state index contributed by atoms with van der Waals surface area (Å²) in [5.41, 5.74) is 0. The molecule has 2 bridgehead atoms. The maximum absolute atomic E-state index is 10.9. The van der Waals surface area contributed by atoms with E-state index in [2.05, 4.69) is 0 Å². The zero-order chi connectivity index (χ0) is 9.47. The van der Waals surface area contributed by atoms with Crippen molar-refractivity contribution in [3.05, 3.63) is 0 Å². The number of nitrogens with one attached hydrogen (secondary N) is 1. The smallest absolute Gasteiger partial charge is 0.264 e. The van der Waals surface area contributed by atoms with E-state index in [1.165, 1.54) is 18.0 Å². The van der Waals surface area contributed by atoms with Crippen LogP contribution in [0, 0.1) is 5.92 Å². The van der Waals surface area contributed by atoms with Crippen molar-refractivity contribution in [1.29, 1.82) is 0 Å². The summed E-state index contributed by atoms with van der Waals surface area (Å²) in [5, 5.41) is 0. The van der Waals surface area contributed by atoms with Gasteiger partial charge in [0.1, 0.15) is 12.6 Å². The molecule has 0 aliphatic carbocycles. The van der Waals surface area contributed by atoms with Crippen molar-refractivity contribution in [2.24, 2.45) is 5.92 Å². The van der Waals surface area contributed by atoms with E-state index in [-0.39, 0.29) is 6.10 Å². The van der Waals surface area contributed by atoms with Crippen molar-refractivity contribution in [2.45, 2.75) is 18.9 Å². The van der Waals surface area contributed by atoms with Crippen molar-refractivity contribution in [2.75, 3.05) is 25.9 Å². The number of rotatable bonds is 2. The SMILES string of the molecule is CS(=O)(=O)O[C@H]1C[NH+]2CCC1CC2. The number of fused-ring (bicyclic) bond motifs is 3. The Bertz CT molecular complexity index is 280. The van der Waals surface area contributed by atoms with Crippen LogP contribution < -0.4 is 4.90 Å². The molecular weight excluding hydrogens is 190 g/mol. The minimum absolute atomic E-state index is 0.0486. The van der Waals surface area contributed by atoms with Crippen LogP contribution >= 0.6 is 0 Å². The van der Waals surface area contributed by atoms with Gasteiger partial charge in [-0.05, 0) is 0 Å². The van der Waals surface area contributed by atoms with Gasteiger partial charge in [0.05, 0.1) is 19.3 Å². The van der Waals surface area contributed by atoms with Gasteiger partial charge in [0.15, 0.2) is 0 Å². The third-order valence-corrected chi connectivity index (χ3v) is 3.65. The zero-order valence-corrected chi connectivity index (χ0v) is 8.64. The third kappa shape index (κ3) is 2.21. The average molecular weight is 206 g/mol. The molecule has 0 aromatic heterocycles. The van der Waals surface area contributed by atoms with Crippen LogP contribution in [0.3, 0.4) is 0 Å². The summed E-state index contributed by atoms with van der Waals surface area (Å²) in [6.45, 7) is 3.25. The highest BCUT2D eigenvalue weighted by molar-refractivity contribution is 7.86. The van der Waals surface area contributed by atoms with Gasteiger partial charge in [-0.3, -0.25) is 4.18 Å². The van der Waals surface area contributed by atoms with Crippen molar-refractivity contribution < 1.29 is 17.5 Å². The molecule has 13 heavy (non-hydrogen) atoms. The molecule has 1 N–H and O–H groups in total. The number of quaternary nitrogens is 1. The van der Waals surface area contributed by atoms with Gasteiger partial charge in [0, 0.05) is 18.8 Å². The van der Waals surface area contributed by atoms with Gasteiger partial charge in [-0.2, -0.15) is 8.42 Å². The molecule has 76 valence electrons. The lowest BCUT2D eigenvalue weighted by atomic mass is 9.86. The van der Waals surface area contributed by atoms with Gasteiger partial charge < -0.3 is 4.90 Å². The van der Waals surface area contributed by atoms with Crippen LogP contribution in [0.25, 0.3) is 0 Å². The lowest BCUT2D eigenvalue weighted by Gasteiger charge is -2.40. The molecule has 0 aromatic carbocycles. The third-order valence-electron chi connectivity index (χ3n) is 3.05. The number of hydrogen-bond donors (Lipinski definition) is 1. The molecule has 0 radical (unpaired) electrons. The molecule has 3 aliphatic heterocycles. The van der Waals surface area contributed by atoms with Crippen LogP contribution in [-0.2, 0) is 14.3 Å². The summed E-state index contributed by atoms with van der Waals surface area (Å²) < 4.78 is 27.0. The zero-order valence-electron chi connectivity index (χ0n) is 7.82. The summed E-state index contributed by atoms with van der Waals surface area (Å²) in [7, 11) is -3.26. The second-order valence-corrected chi connectivity index (χ2v) is 5.73. The van der Waals surface area contributed by atoms with Gasteiger partial charge in [-0.1, -0.05) is 0 Å². The summed E-state index contributed by atoms with van der Waals surface area (Å²) in [5.74, 6) is 0.479. The number of piperidine rings is 3. The Labute approximate surface area is 79.0 Å². The van der Waals surface area contributed by atoms with Crippen molar-refractivity contribution in [3.8, 4) is 0 Å². The quantitative estimate of drug-likeness (QED) is 0.568. The Morgan fingerprint density at radius 3 is 2.31 bits per heavy atom. The summed E-state index contributed by atoms with van der Waals surface area (Å²) in [6.07, 6.45) is 3.33. The maximum atomic E-state index is 10.9. The topological polar surface area (TPSA) is 47.8 Å². The Kier molecular flexibility index (Phi) is 2.33. The van der Waals surface area contributed by atoms with Crippen LogP contribution in [-0.4, -0.2) is 40.4 Å². The fraction of sp³-hybridized carbons (Fsp3) is 1.00. The molecule has 0 saturated carbocycles. The molecule has 0 spiro atoms. The summed E-state index contributed by atoms with van der Waals surface area (Å²) in [4.78, 5) is 1.50. The van der Waals surface area contributed by atoms with E-state index in [1.807, 2.05) is 0 Å². The number of hydrogen-bond acceptors (Lipinski definition) is 3. The van der Waals surface area contributed by atoms with Crippen molar-refractivity contribution in [1.82, 2.24) is 0 Å². The van der Waals surface area contributed by atoms with Crippen LogP contribution in [0.15, 0.2) is 0 Å². The molecule has 3 fully saturated rings. The highest BCUT2D eigenvalue weighted by Crippen LogP contribution is 2.21. The second-order valence-electron chi connectivity index (χ2n) is 4.13. The first-order valence-electron chi connectivity index (χ1n) is 4.76. The predicted molar refractivity (Wildman–Crippen MR) is 48.0 cm³/mol. The van der Waals surface area contributed by atoms with Gasteiger partial charge in [0.2, 0.25) is 0 Å². The first-order valence-corrected chi connectivity index (χ1v) is 6.58. The lowest BCUT2D eigenvalue weighted by Crippen LogP contribution is -3.16. The predicted octanol–water partition coefficient (Wildman–Crippen LogP) is -1.36. The Morgan fingerprint density at radius 1 is 1.31 bits per heavy atom. The van der Waals surface area contributed by atoms with Crippen molar-refractivity contribution in [3.63, 3.8) is 0 Å². The van der Waals surface area contributed by atoms with E-state index in [0.29, 0.717) is 5.92 Å². The van der Waals surface area contributed by atoms with Crippen LogP contribution in [0.2, 0.25) is 0 Å². The highest BCUT2D eigenvalue weighted by atomic mass is 32.2. The van der Waals surface area contributed by atoms with E-state index in [4.69, 9.17) is 4.18 Å². The monoisotopic (exact) mass is 206 g/mol. The Morgan fingerprint density at radius 2 is 1.92 bits per heavy atom. The largest absolute Gasteiger partial charge is 0.333 e. The Balaban J connectivity index is 2.01. The van der Waals surface area contributed by atoms with Crippen LogP contribution in [0.5, 0.6) is 0 Å². The van der Waals surface area contributed by atoms with Gasteiger partial charge in [-0.15, -0.1) is 0 Å². The molecule has 1 atom stereocenters. The normalized spacial score (nSPS) is 39.3. The fourth-order valence-electron chi connectivity index (χ4n) is 2.41.